The minimum absolute atomic E-state index is 0.0102. The zero-order valence-corrected chi connectivity index (χ0v) is 10.3. The lowest BCUT2D eigenvalue weighted by Gasteiger charge is -2.41. The Hall–Kier alpha value is -0.610. The van der Waals surface area contributed by atoms with Gasteiger partial charge in [0.1, 0.15) is 0 Å². The molecule has 4 nitrogen and oxygen atoms in total. The van der Waals surface area contributed by atoms with Crippen LogP contribution in [-0.4, -0.2) is 61.0 Å². The summed E-state index contributed by atoms with van der Waals surface area (Å²) < 4.78 is 0. The summed E-state index contributed by atoms with van der Waals surface area (Å²) in [6.45, 7) is 10.6. The van der Waals surface area contributed by atoms with Crippen LogP contribution in [0.2, 0.25) is 0 Å². The number of piperazine rings is 1. The first-order valence-electron chi connectivity index (χ1n) is 5.79. The molecule has 1 aliphatic heterocycles. The van der Waals surface area contributed by atoms with E-state index < -0.39 is 0 Å². The fraction of sp³-hybridized carbons (Fsp3) is 0.909. The molecule has 0 radical (unpaired) electrons. The highest BCUT2D eigenvalue weighted by molar-refractivity contribution is 5.81. The molecule has 1 amide bonds. The summed E-state index contributed by atoms with van der Waals surface area (Å²) in [5.74, 6) is 0.117. The fourth-order valence-electron chi connectivity index (χ4n) is 2.27. The molecule has 1 unspecified atom stereocenters. The van der Waals surface area contributed by atoms with Crippen LogP contribution in [0.3, 0.4) is 0 Å². The lowest BCUT2D eigenvalue weighted by Crippen LogP contribution is -2.57. The van der Waals surface area contributed by atoms with Crippen LogP contribution in [0.25, 0.3) is 0 Å². The molecule has 1 saturated heterocycles. The number of carbonyl (C=O) groups excluding carboxylic acids is 1. The Morgan fingerprint density at radius 2 is 2.20 bits per heavy atom. The lowest BCUT2D eigenvalue weighted by molar-refractivity contribution is -0.127. The monoisotopic (exact) mass is 213 g/mol. The molecule has 2 atom stereocenters. The van der Waals surface area contributed by atoms with Crippen LogP contribution in [0.5, 0.6) is 0 Å². The van der Waals surface area contributed by atoms with E-state index in [4.69, 9.17) is 0 Å². The average Bonchev–Trinajstić information content (AvgIpc) is 2.26. The van der Waals surface area contributed by atoms with E-state index >= 15 is 0 Å². The number of rotatable bonds is 3. The predicted molar refractivity (Wildman–Crippen MR) is 61.8 cm³/mol. The normalized spacial score (nSPS) is 26.3. The summed E-state index contributed by atoms with van der Waals surface area (Å²) in [7, 11) is 1.70. The minimum Gasteiger partial charge on any atom is -0.358 e. The Morgan fingerprint density at radius 1 is 1.53 bits per heavy atom. The van der Waals surface area contributed by atoms with Crippen LogP contribution in [0, 0.1) is 0 Å². The van der Waals surface area contributed by atoms with Crippen molar-refractivity contribution in [2.45, 2.75) is 32.9 Å². The molecule has 88 valence electrons. The van der Waals surface area contributed by atoms with Gasteiger partial charge in [-0.25, -0.2) is 0 Å². The lowest BCUT2D eigenvalue weighted by atomic mass is 10.1. The number of likely N-dealkylation sites (N-methyl/N-ethyl adjacent to an activating group) is 2. The Balaban J connectivity index is 2.53. The standard InChI is InChI=1S/C11H23N3O/c1-5-13-6-7-14(9(2)8-13)10(3)11(15)12-4/h9-10H,5-8H2,1-4H3,(H,12,15)/t9-,10?/m0/s1. The summed E-state index contributed by atoms with van der Waals surface area (Å²) in [4.78, 5) is 16.3. The zero-order valence-electron chi connectivity index (χ0n) is 10.3. The summed E-state index contributed by atoms with van der Waals surface area (Å²) in [6.07, 6.45) is 0. The summed E-state index contributed by atoms with van der Waals surface area (Å²) in [5.41, 5.74) is 0. The quantitative estimate of drug-likeness (QED) is 0.725. The number of nitrogens with zero attached hydrogens (tertiary/aromatic N) is 2. The Morgan fingerprint density at radius 3 is 2.67 bits per heavy atom. The van der Waals surface area contributed by atoms with Crippen molar-refractivity contribution < 1.29 is 4.79 Å². The maximum absolute atomic E-state index is 11.5. The summed E-state index contributed by atoms with van der Waals surface area (Å²) in [6, 6.07) is 0.454. The van der Waals surface area contributed by atoms with E-state index in [1.54, 1.807) is 7.05 Å². The predicted octanol–water partition coefficient (Wildman–Crippen LogP) is 0.147. The summed E-state index contributed by atoms with van der Waals surface area (Å²) in [5, 5.41) is 2.71. The molecule has 0 aromatic heterocycles. The Bertz CT molecular complexity index is 220. The topological polar surface area (TPSA) is 35.6 Å². The minimum atomic E-state index is -0.0102. The smallest absolute Gasteiger partial charge is 0.236 e. The van der Waals surface area contributed by atoms with Crippen molar-refractivity contribution in [3.05, 3.63) is 0 Å². The third-order valence-corrected chi connectivity index (χ3v) is 3.33. The first-order chi connectivity index (χ1) is 7.10. The van der Waals surface area contributed by atoms with E-state index in [9.17, 15) is 4.79 Å². The molecule has 0 aromatic carbocycles. The van der Waals surface area contributed by atoms with Crippen molar-refractivity contribution in [1.29, 1.82) is 0 Å². The van der Waals surface area contributed by atoms with E-state index in [-0.39, 0.29) is 11.9 Å². The first kappa shape index (κ1) is 12.5. The molecule has 0 aliphatic carbocycles. The highest BCUT2D eigenvalue weighted by atomic mass is 16.2. The number of amides is 1. The van der Waals surface area contributed by atoms with Crippen LogP contribution in [-0.2, 0) is 4.79 Å². The third-order valence-electron chi connectivity index (χ3n) is 3.33. The van der Waals surface area contributed by atoms with Gasteiger partial charge >= 0.3 is 0 Å². The van der Waals surface area contributed by atoms with E-state index in [1.807, 2.05) is 6.92 Å². The van der Waals surface area contributed by atoms with Crippen LogP contribution in [0.4, 0.5) is 0 Å². The van der Waals surface area contributed by atoms with Crippen LogP contribution in [0.1, 0.15) is 20.8 Å². The molecule has 1 aliphatic rings. The molecule has 0 aromatic rings. The highest BCUT2D eigenvalue weighted by Crippen LogP contribution is 2.12. The van der Waals surface area contributed by atoms with Gasteiger partial charge in [0.2, 0.25) is 5.91 Å². The van der Waals surface area contributed by atoms with Crippen LogP contribution >= 0.6 is 0 Å². The van der Waals surface area contributed by atoms with Crippen molar-refractivity contribution in [1.82, 2.24) is 15.1 Å². The largest absolute Gasteiger partial charge is 0.358 e. The van der Waals surface area contributed by atoms with E-state index in [2.05, 4.69) is 29.0 Å². The second-order valence-electron chi connectivity index (χ2n) is 4.27. The zero-order chi connectivity index (χ0) is 11.4. The SMILES string of the molecule is CCN1CCN(C(C)C(=O)NC)[C@@H](C)C1. The van der Waals surface area contributed by atoms with Gasteiger partial charge in [-0.3, -0.25) is 9.69 Å². The van der Waals surface area contributed by atoms with Crippen molar-refractivity contribution in [3.8, 4) is 0 Å². The molecule has 4 heteroatoms. The van der Waals surface area contributed by atoms with Crippen molar-refractivity contribution in [2.75, 3.05) is 33.2 Å². The van der Waals surface area contributed by atoms with Crippen LogP contribution < -0.4 is 5.32 Å². The number of nitrogens with one attached hydrogen (secondary N) is 1. The summed E-state index contributed by atoms with van der Waals surface area (Å²) >= 11 is 0. The average molecular weight is 213 g/mol. The van der Waals surface area contributed by atoms with Gasteiger partial charge in [0.05, 0.1) is 6.04 Å². The maximum Gasteiger partial charge on any atom is 0.236 e. The van der Waals surface area contributed by atoms with Gasteiger partial charge in [-0.15, -0.1) is 0 Å². The van der Waals surface area contributed by atoms with Crippen molar-refractivity contribution >= 4 is 5.91 Å². The third kappa shape index (κ3) is 2.92. The number of carbonyl (C=O) groups is 1. The first-order valence-corrected chi connectivity index (χ1v) is 5.79. The fourth-order valence-corrected chi connectivity index (χ4v) is 2.27. The molecule has 1 N–H and O–H groups in total. The van der Waals surface area contributed by atoms with E-state index in [0.29, 0.717) is 6.04 Å². The molecule has 0 bridgehead atoms. The molecule has 1 heterocycles. The van der Waals surface area contributed by atoms with E-state index in [1.165, 1.54) is 0 Å². The Kier molecular flexibility index (Phi) is 4.54. The van der Waals surface area contributed by atoms with Gasteiger partial charge in [-0.05, 0) is 20.4 Å². The second-order valence-corrected chi connectivity index (χ2v) is 4.27. The van der Waals surface area contributed by atoms with Gasteiger partial charge in [0.15, 0.2) is 0 Å². The van der Waals surface area contributed by atoms with Crippen molar-refractivity contribution in [3.63, 3.8) is 0 Å². The molecule has 15 heavy (non-hydrogen) atoms. The van der Waals surface area contributed by atoms with Gasteiger partial charge in [-0.1, -0.05) is 6.92 Å². The highest BCUT2D eigenvalue weighted by Gasteiger charge is 2.29. The van der Waals surface area contributed by atoms with E-state index in [0.717, 1.165) is 26.2 Å². The number of hydrogen-bond donors (Lipinski definition) is 1. The molecule has 0 spiro atoms. The maximum atomic E-state index is 11.5. The Labute approximate surface area is 92.6 Å². The second kappa shape index (κ2) is 5.47. The molecule has 1 fully saturated rings. The van der Waals surface area contributed by atoms with Gasteiger partial charge in [0, 0.05) is 32.7 Å². The molecular formula is C11H23N3O. The molecular weight excluding hydrogens is 190 g/mol. The van der Waals surface area contributed by atoms with Gasteiger partial charge in [0.25, 0.3) is 0 Å². The van der Waals surface area contributed by atoms with Gasteiger partial charge in [-0.2, -0.15) is 0 Å². The number of hydrogen-bond acceptors (Lipinski definition) is 3. The van der Waals surface area contributed by atoms with Crippen LogP contribution in [0.15, 0.2) is 0 Å². The van der Waals surface area contributed by atoms with Gasteiger partial charge < -0.3 is 10.2 Å². The molecule has 0 saturated carbocycles. The molecule has 1 rings (SSSR count). The van der Waals surface area contributed by atoms with Crippen molar-refractivity contribution in [2.24, 2.45) is 0 Å².